The van der Waals surface area contributed by atoms with Gasteiger partial charge in [-0.25, -0.2) is 0 Å². The highest BCUT2D eigenvalue weighted by Gasteiger charge is 2.27. The number of aryl methyl sites for hydroxylation is 4. The molecule has 0 fully saturated rings. The maximum atomic E-state index is 2.51. The van der Waals surface area contributed by atoms with Gasteiger partial charge in [0.25, 0.3) is 0 Å². The normalized spacial score (nSPS) is 12.6. The van der Waals surface area contributed by atoms with Gasteiger partial charge in [0.15, 0.2) is 0 Å². The molecule has 0 aliphatic carbocycles. The lowest BCUT2D eigenvalue weighted by Gasteiger charge is -2.29. The van der Waals surface area contributed by atoms with Crippen molar-refractivity contribution in [3.63, 3.8) is 0 Å². The second kappa shape index (κ2) is 21.0. The van der Waals surface area contributed by atoms with E-state index in [4.69, 9.17) is 0 Å². The van der Waals surface area contributed by atoms with E-state index in [-0.39, 0.29) is 0 Å². The third-order valence-corrected chi connectivity index (χ3v) is 16.7. The predicted molar refractivity (Wildman–Crippen MR) is 346 cm³/mol. The van der Waals surface area contributed by atoms with Crippen LogP contribution in [-0.2, 0) is 25.7 Å². The number of anilines is 12. The molecule has 0 unspecified atom stereocenters. The van der Waals surface area contributed by atoms with Gasteiger partial charge in [-0.15, -0.1) is 0 Å². The van der Waals surface area contributed by atoms with Crippen molar-refractivity contribution in [3.05, 3.63) is 326 Å². The van der Waals surface area contributed by atoms with Crippen LogP contribution in [0.5, 0.6) is 0 Å². The summed E-state index contributed by atoms with van der Waals surface area (Å²) in [5.74, 6) is 0. The highest BCUT2D eigenvalue weighted by molar-refractivity contribution is 6.23. The minimum atomic E-state index is 0.975. The van der Waals surface area contributed by atoms with E-state index in [0.717, 1.165) is 82.3 Å². The van der Waals surface area contributed by atoms with Gasteiger partial charge in [0.2, 0.25) is 0 Å². The molecule has 2 aliphatic rings. The molecule has 0 bridgehead atoms. The minimum absolute atomic E-state index is 0.975. The van der Waals surface area contributed by atoms with Crippen LogP contribution >= 0.6 is 0 Å². The molecule has 0 N–H and O–H groups in total. The Balaban J connectivity index is 1.01. The summed E-state index contributed by atoms with van der Waals surface area (Å²) in [5.41, 5.74) is 23.8. The smallest absolute Gasteiger partial charge is 0.0493 e. The molecule has 4 heteroatoms. The van der Waals surface area contributed by atoms with Crippen molar-refractivity contribution < 1.29 is 0 Å². The monoisotopic (exact) mass is 1050 g/mol. The zero-order valence-electron chi connectivity index (χ0n) is 45.5. The van der Waals surface area contributed by atoms with Crippen LogP contribution in [-0.4, -0.2) is 0 Å². The van der Waals surface area contributed by atoms with Crippen LogP contribution in [0.4, 0.5) is 68.2 Å². The van der Waals surface area contributed by atoms with Crippen molar-refractivity contribution >= 4 is 89.8 Å². The van der Waals surface area contributed by atoms with Gasteiger partial charge in [-0.1, -0.05) is 182 Å². The molecule has 82 heavy (non-hydrogen) atoms. The first kappa shape index (κ1) is 48.7. The maximum Gasteiger partial charge on any atom is 0.0493 e. The van der Waals surface area contributed by atoms with Gasteiger partial charge in [-0.05, 0) is 213 Å². The Morgan fingerprint density at radius 3 is 0.768 bits per heavy atom. The minimum Gasteiger partial charge on any atom is -0.311 e. The molecule has 0 aromatic heterocycles. The van der Waals surface area contributed by atoms with Crippen molar-refractivity contribution in [1.29, 1.82) is 0 Å². The lowest BCUT2D eigenvalue weighted by molar-refractivity contribution is 0.977. The van der Waals surface area contributed by atoms with E-state index in [1.807, 2.05) is 0 Å². The molecule has 0 spiro atoms. The fraction of sp³-hybridized carbons (Fsp3) is 0.0513. The number of fused-ring (bicyclic) bond motifs is 6. The van der Waals surface area contributed by atoms with Crippen molar-refractivity contribution in [2.45, 2.75) is 25.7 Å². The highest BCUT2D eigenvalue weighted by Crippen LogP contribution is 2.51. The second-order valence-electron chi connectivity index (χ2n) is 21.5. The molecule has 390 valence electrons. The van der Waals surface area contributed by atoms with Gasteiger partial charge in [0.1, 0.15) is 0 Å². The summed E-state index contributed by atoms with van der Waals surface area (Å²) in [4.78, 5) is 9.72. The lowest BCUT2D eigenvalue weighted by Crippen LogP contribution is -2.12. The number of para-hydroxylation sites is 8. The molecule has 0 atom stereocenters. The van der Waals surface area contributed by atoms with Crippen LogP contribution in [0.3, 0.4) is 0 Å². The van der Waals surface area contributed by atoms with E-state index in [2.05, 4.69) is 323 Å². The zero-order chi connectivity index (χ0) is 54.3. The van der Waals surface area contributed by atoms with Gasteiger partial charge in [0.05, 0.1) is 0 Å². The maximum absolute atomic E-state index is 2.51. The lowest BCUT2D eigenvalue weighted by atomic mass is 9.85. The molecule has 0 amide bonds. The molecule has 0 radical (unpaired) electrons. The number of hydrogen-bond acceptors (Lipinski definition) is 4. The van der Waals surface area contributed by atoms with E-state index in [0.29, 0.717) is 0 Å². The summed E-state index contributed by atoms with van der Waals surface area (Å²) >= 11 is 0. The summed E-state index contributed by atoms with van der Waals surface area (Å²) in [6.45, 7) is 0. The van der Waals surface area contributed by atoms with Crippen LogP contribution in [0.2, 0.25) is 0 Å². The average Bonchev–Trinajstić information content (AvgIpc) is 3.87. The molecule has 0 saturated carbocycles. The van der Waals surface area contributed by atoms with Crippen molar-refractivity contribution in [2.75, 3.05) is 19.6 Å². The van der Waals surface area contributed by atoms with E-state index < -0.39 is 0 Å². The molecule has 2 aliphatic heterocycles. The van der Waals surface area contributed by atoms with Gasteiger partial charge in [0, 0.05) is 68.2 Å². The number of nitrogens with zero attached hydrogens (tertiary/aromatic N) is 4. The van der Waals surface area contributed by atoms with Gasteiger partial charge in [-0.3, -0.25) is 0 Å². The summed E-state index contributed by atoms with van der Waals surface area (Å²) in [5, 5.41) is 4.75. The van der Waals surface area contributed by atoms with E-state index in [9.17, 15) is 0 Å². The fourth-order valence-corrected chi connectivity index (χ4v) is 13.0. The Morgan fingerprint density at radius 2 is 0.476 bits per heavy atom. The first-order valence-electron chi connectivity index (χ1n) is 28.7. The summed E-state index contributed by atoms with van der Waals surface area (Å²) < 4.78 is 0. The Bertz CT molecular complexity index is 3980. The molecule has 4 nitrogen and oxygen atoms in total. The Labute approximate surface area is 480 Å². The molecule has 13 aromatic carbocycles. The van der Waals surface area contributed by atoms with Crippen molar-refractivity contribution in [1.82, 2.24) is 0 Å². The Hall–Kier alpha value is -10.4. The third kappa shape index (κ3) is 8.73. The van der Waals surface area contributed by atoms with Crippen LogP contribution in [0, 0.1) is 0 Å². The second-order valence-corrected chi connectivity index (χ2v) is 21.5. The number of rotatable bonds is 10. The molecular formula is C78H58N4. The van der Waals surface area contributed by atoms with Crippen LogP contribution in [0.25, 0.3) is 43.8 Å². The topological polar surface area (TPSA) is 13.0 Å². The van der Waals surface area contributed by atoms with Crippen molar-refractivity contribution in [3.8, 4) is 22.3 Å². The Kier molecular flexibility index (Phi) is 12.5. The molecule has 2 heterocycles. The van der Waals surface area contributed by atoms with Crippen LogP contribution in [0.15, 0.2) is 303 Å². The third-order valence-electron chi connectivity index (χ3n) is 16.7. The molecule has 15 rings (SSSR count). The molecule has 13 aromatic rings. The van der Waals surface area contributed by atoms with E-state index >= 15 is 0 Å². The molecule has 0 saturated heterocycles. The average molecular weight is 1050 g/mol. The van der Waals surface area contributed by atoms with Crippen molar-refractivity contribution in [2.24, 2.45) is 0 Å². The highest BCUT2D eigenvalue weighted by atomic mass is 15.2. The summed E-state index contributed by atoms with van der Waals surface area (Å²) in [6.07, 6.45) is 3.90. The standard InChI is InChI=1S/C78H58N4/c1-5-25-61(26-6-1)79(62-27-7-2-8-28-62)65-45-41-59(42-46-65)77-69-51-49-68(82-75-35-19-15-23-57(75)39-40-58-24-16-20-36-76(58)82)54-72(69)78(60-43-47-66(48-44-60)80(63-29-9-3-10-30-63)64-31-11-4-12-32-64)70-52-50-67(53-71(70)77)81-73-33-17-13-21-55(73)37-38-56-22-14-18-34-74(56)81/h1-36,41-54H,37-40H2. The quantitative estimate of drug-likeness (QED) is 0.127. The van der Waals surface area contributed by atoms with Gasteiger partial charge in [-0.2, -0.15) is 0 Å². The SMILES string of the molecule is c1ccc(N(c2ccccc2)c2ccc(-c3c4ccc(N5c6ccccc6CCc6ccccc65)cc4c(-c4ccc(N(c5ccccc5)c5ccccc5)cc4)c4ccc(N5c6ccccc6CCc6ccccc65)cc34)cc2)cc1. The first-order chi connectivity index (χ1) is 40.7. The number of benzene rings is 13. The molecular weight excluding hydrogens is 993 g/mol. The van der Waals surface area contributed by atoms with E-state index in [1.165, 1.54) is 77.7 Å². The van der Waals surface area contributed by atoms with Gasteiger partial charge >= 0.3 is 0 Å². The van der Waals surface area contributed by atoms with Gasteiger partial charge < -0.3 is 19.6 Å². The zero-order valence-corrected chi connectivity index (χ0v) is 45.5. The Morgan fingerprint density at radius 1 is 0.220 bits per heavy atom. The van der Waals surface area contributed by atoms with Crippen LogP contribution < -0.4 is 19.6 Å². The predicted octanol–water partition coefficient (Wildman–Crippen LogP) is 21.4. The largest absolute Gasteiger partial charge is 0.311 e. The summed E-state index contributed by atoms with van der Waals surface area (Å²) in [6, 6.07) is 112. The first-order valence-corrected chi connectivity index (χ1v) is 28.7. The van der Waals surface area contributed by atoms with Crippen LogP contribution in [0.1, 0.15) is 22.3 Å². The van der Waals surface area contributed by atoms with E-state index in [1.54, 1.807) is 0 Å². The number of hydrogen-bond donors (Lipinski definition) is 0. The summed E-state index contributed by atoms with van der Waals surface area (Å²) in [7, 11) is 0. The fourth-order valence-electron chi connectivity index (χ4n) is 13.0.